The number of carbonyl (C=O) groups is 3. The molecule has 5 rings (SSSR count). The maximum absolute atomic E-state index is 13.5. The third-order valence-corrected chi connectivity index (χ3v) is 6.51. The van der Waals surface area contributed by atoms with E-state index in [9.17, 15) is 14.4 Å². The summed E-state index contributed by atoms with van der Waals surface area (Å²) in [7, 11) is 0. The summed E-state index contributed by atoms with van der Waals surface area (Å²) in [5.74, 6) is -0.714. The van der Waals surface area contributed by atoms with Crippen molar-refractivity contribution in [1.29, 1.82) is 0 Å². The van der Waals surface area contributed by atoms with Crippen LogP contribution in [0.1, 0.15) is 33.3 Å². The van der Waals surface area contributed by atoms with Gasteiger partial charge in [-0.2, -0.15) is 0 Å². The number of hydrogen-bond donors (Lipinski definition) is 2. The highest BCUT2D eigenvalue weighted by Gasteiger charge is 2.47. The maximum atomic E-state index is 13.5. The molecule has 0 bridgehead atoms. The normalized spacial score (nSPS) is 16.4. The highest BCUT2D eigenvalue weighted by Crippen LogP contribution is 2.35. The zero-order chi connectivity index (χ0) is 27.2. The molecule has 1 aromatic heterocycles. The first kappa shape index (κ1) is 25.9. The fraction of sp³-hybridized carbons (Fsp3) is 0.133. The van der Waals surface area contributed by atoms with Crippen molar-refractivity contribution in [2.75, 3.05) is 5.32 Å². The number of rotatable bonds is 8. The van der Waals surface area contributed by atoms with E-state index in [1.807, 2.05) is 42.5 Å². The summed E-state index contributed by atoms with van der Waals surface area (Å²) in [6.45, 7) is 0.398. The molecule has 1 aliphatic heterocycles. The Morgan fingerprint density at radius 2 is 1.72 bits per heavy atom. The van der Waals surface area contributed by atoms with Gasteiger partial charge in [-0.05, 0) is 53.6 Å². The Kier molecular flexibility index (Phi) is 7.84. The summed E-state index contributed by atoms with van der Waals surface area (Å²) in [5.41, 5.74) is 3.01. The van der Waals surface area contributed by atoms with Crippen molar-refractivity contribution >= 4 is 35.2 Å². The second-order valence-electron chi connectivity index (χ2n) is 8.99. The zero-order valence-corrected chi connectivity index (χ0v) is 21.5. The van der Waals surface area contributed by atoms with Gasteiger partial charge in [0, 0.05) is 22.5 Å². The standard InChI is InChI=1S/C30H25ClN4O4/c31-23-12-6-11-22(16-23)28(36)34-24-14-7-10-21(17-24)27-26(29(37)33-18-25-13-4-5-15-32-25)35(30(38)39-27)19-20-8-2-1-3-9-20/h1-17,26-27H,18-19H2,(H,33,37)(H,34,36). The van der Waals surface area contributed by atoms with Crippen LogP contribution in [0.2, 0.25) is 5.02 Å². The van der Waals surface area contributed by atoms with Crippen LogP contribution in [0, 0.1) is 0 Å². The highest BCUT2D eigenvalue weighted by atomic mass is 35.5. The SMILES string of the molecule is O=C(Nc1cccc(C2OC(=O)N(Cc3ccccc3)C2C(=O)NCc2ccccn2)c1)c1cccc(Cl)c1. The molecule has 0 saturated carbocycles. The molecule has 1 saturated heterocycles. The molecule has 196 valence electrons. The molecular formula is C30H25ClN4O4. The summed E-state index contributed by atoms with van der Waals surface area (Å²) < 4.78 is 5.76. The van der Waals surface area contributed by atoms with E-state index in [4.69, 9.17) is 16.3 Å². The van der Waals surface area contributed by atoms with Crippen LogP contribution in [-0.2, 0) is 22.6 Å². The highest BCUT2D eigenvalue weighted by molar-refractivity contribution is 6.31. The van der Waals surface area contributed by atoms with Gasteiger partial charge in [0.2, 0.25) is 5.91 Å². The van der Waals surface area contributed by atoms with Crippen molar-refractivity contribution in [2.45, 2.75) is 25.2 Å². The van der Waals surface area contributed by atoms with Gasteiger partial charge in [-0.15, -0.1) is 0 Å². The Labute approximate surface area is 230 Å². The average molecular weight is 541 g/mol. The van der Waals surface area contributed by atoms with E-state index in [1.165, 1.54) is 4.90 Å². The molecule has 2 atom stereocenters. The van der Waals surface area contributed by atoms with Crippen LogP contribution in [0.5, 0.6) is 0 Å². The first-order valence-electron chi connectivity index (χ1n) is 12.3. The predicted octanol–water partition coefficient (Wildman–Crippen LogP) is 5.37. The lowest BCUT2D eigenvalue weighted by molar-refractivity contribution is -0.126. The van der Waals surface area contributed by atoms with Crippen molar-refractivity contribution in [2.24, 2.45) is 0 Å². The molecule has 0 aliphatic carbocycles. The Bertz CT molecular complexity index is 1480. The molecule has 0 radical (unpaired) electrons. The van der Waals surface area contributed by atoms with Crippen molar-refractivity contribution < 1.29 is 19.1 Å². The molecule has 3 aromatic carbocycles. The Morgan fingerprint density at radius 1 is 0.923 bits per heavy atom. The van der Waals surface area contributed by atoms with E-state index in [-0.39, 0.29) is 24.9 Å². The summed E-state index contributed by atoms with van der Waals surface area (Å²) in [6, 6.07) is 27.4. The van der Waals surface area contributed by atoms with Gasteiger partial charge in [0.1, 0.15) is 0 Å². The lowest BCUT2D eigenvalue weighted by Crippen LogP contribution is -2.46. The molecule has 2 N–H and O–H groups in total. The van der Waals surface area contributed by atoms with E-state index in [0.717, 1.165) is 5.56 Å². The minimum atomic E-state index is -0.944. The molecule has 39 heavy (non-hydrogen) atoms. The Balaban J connectivity index is 1.40. The zero-order valence-electron chi connectivity index (χ0n) is 20.8. The smallest absolute Gasteiger partial charge is 0.411 e. The first-order valence-corrected chi connectivity index (χ1v) is 12.7. The van der Waals surface area contributed by atoms with E-state index < -0.39 is 18.2 Å². The predicted molar refractivity (Wildman–Crippen MR) is 147 cm³/mol. The number of hydrogen-bond acceptors (Lipinski definition) is 5. The van der Waals surface area contributed by atoms with Crippen LogP contribution in [0.3, 0.4) is 0 Å². The average Bonchev–Trinajstić information content (AvgIpc) is 3.28. The fourth-order valence-corrected chi connectivity index (χ4v) is 4.59. The number of ether oxygens (including phenoxy) is 1. The first-order chi connectivity index (χ1) is 19.0. The third kappa shape index (κ3) is 6.25. The van der Waals surface area contributed by atoms with Gasteiger partial charge in [0.25, 0.3) is 5.91 Å². The van der Waals surface area contributed by atoms with E-state index in [2.05, 4.69) is 15.6 Å². The molecule has 0 spiro atoms. The number of halogens is 1. The summed E-state index contributed by atoms with van der Waals surface area (Å²) >= 11 is 6.02. The number of pyridine rings is 1. The largest absolute Gasteiger partial charge is 0.438 e. The number of aromatic nitrogens is 1. The van der Waals surface area contributed by atoms with Crippen LogP contribution < -0.4 is 10.6 Å². The lowest BCUT2D eigenvalue weighted by atomic mass is 10.00. The van der Waals surface area contributed by atoms with Gasteiger partial charge >= 0.3 is 6.09 Å². The summed E-state index contributed by atoms with van der Waals surface area (Å²) in [5, 5.41) is 6.19. The van der Waals surface area contributed by atoms with Crippen molar-refractivity contribution in [3.8, 4) is 0 Å². The van der Waals surface area contributed by atoms with Crippen LogP contribution in [0.4, 0.5) is 10.5 Å². The second kappa shape index (κ2) is 11.8. The number of anilines is 1. The summed E-state index contributed by atoms with van der Waals surface area (Å²) in [6.07, 6.45) is 0.153. The lowest BCUT2D eigenvalue weighted by Gasteiger charge is -2.24. The molecule has 2 unspecified atom stereocenters. The molecular weight excluding hydrogens is 516 g/mol. The van der Waals surface area contributed by atoms with Crippen LogP contribution in [0.25, 0.3) is 0 Å². The molecule has 1 fully saturated rings. The minimum Gasteiger partial charge on any atom is -0.438 e. The molecule has 8 nitrogen and oxygen atoms in total. The molecule has 2 heterocycles. The van der Waals surface area contributed by atoms with E-state index >= 15 is 0 Å². The van der Waals surface area contributed by atoms with Gasteiger partial charge in [-0.1, -0.05) is 66.2 Å². The minimum absolute atomic E-state index is 0.197. The summed E-state index contributed by atoms with van der Waals surface area (Å²) in [4.78, 5) is 45.0. The van der Waals surface area contributed by atoms with Crippen molar-refractivity contribution in [3.05, 3.63) is 131 Å². The fourth-order valence-electron chi connectivity index (χ4n) is 4.40. The number of carbonyl (C=O) groups excluding carboxylic acids is 3. The van der Waals surface area contributed by atoms with Gasteiger partial charge in [0.15, 0.2) is 12.1 Å². The molecule has 3 amide bonds. The van der Waals surface area contributed by atoms with E-state index in [0.29, 0.717) is 27.5 Å². The number of amides is 3. The quantitative estimate of drug-likeness (QED) is 0.313. The molecule has 9 heteroatoms. The van der Waals surface area contributed by atoms with Crippen LogP contribution >= 0.6 is 11.6 Å². The van der Waals surface area contributed by atoms with Crippen LogP contribution in [0.15, 0.2) is 103 Å². The van der Waals surface area contributed by atoms with E-state index in [1.54, 1.807) is 60.8 Å². The number of nitrogens with one attached hydrogen (secondary N) is 2. The van der Waals surface area contributed by atoms with Crippen LogP contribution in [-0.4, -0.2) is 33.8 Å². The van der Waals surface area contributed by atoms with Crippen molar-refractivity contribution in [1.82, 2.24) is 15.2 Å². The van der Waals surface area contributed by atoms with Crippen molar-refractivity contribution in [3.63, 3.8) is 0 Å². The molecule has 4 aromatic rings. The Hall–Kier alpha value is -4.69. The second-order valence-corrected chi connectivity index (χ2v) is 9.43. The maximum Gasteiger partial charge on any atom is 0.411 e. The topological polar surface area (TPSA) is 101 Å². The number of benzene rings is 3. The third-order valence-electron chi connectivity index (χ3n) is 6.28. The Morgan fingerprint density at radius 3 is 2.49 bits per heavy atom. The van der Waals surface area contributed by atoms with Gasteiger partial charge < -0.3 is 15.4 Å². The number of nitrogens with zero attached hydrogens (tertiary/aromatic N) is 2. The van der Waals surface area contributed by atoms with Gasteiger partial charge in [-0.3, -0.25) is 19.5 Å². The van der Waals surface area contributed by atoms with Gasteiger partial charge in [-0.25, -0.2) is 4.79 Å². The molecule has 1 aliphatic rings. The number of cyclic esters (lactones) is 1. The van der Waals surface area contributed by atoms with Gasteiger partial charge in [0.05, 0.1) is 18.8 Å². The monoisotopic (exact) mass is 540 g/mol.